The van der Waals surface area contributed by atoms with Crippen LogP contribution in [0.2, 0.25) is 0 Å². The maximum absolute atomic E-state index is 12.9. The Morgan fingerprint density at radius 1 is 1.11 bits per heavy atom. The summed E-state index contributed by atoms with van der Waals surface area (Å²) in [6.45, 7) is 7.60. The number of fused-ring (bicyclic) bond motifs is 1. The first kappa shape index (κ1) is 20.6. The molecule has 0 fully saturated rings. The van der Waals surface area contributed by atoms with Crippen molar-refractivity contribution in [3.05, 3.63) is 40.9 Å². The zero-order valence-corrected chi connectivity index (χ0v) is 16.1. The van der Waals surface area contributed by atoms with Crippen molar-refractivity contribution in [3.63, 3.8) is 0 Å². The van der Waals surface area contributed by atoms with Crippen molar-refractivity contribution in [2.75, 3.05) is 0 Å². The fraction of sp³-hybridized carbons (Fsp3) is 0.500. The molecule has 2 rings (SSSR count). The number of aromatic nitrogens is 2. The number of carboxylic acid groups (broad SMARTS) is 1. The van der Waals surface area contributed by atoms with Crippen LogP contribution < -0.4 is 16.0 Å². The Morgan fingerprint density at radius 2 is 1.74 bits per heavy atom. The standard InChI is InChI=1S/C20H27N3O4/c1-12(2)9-16(20(26)27)22-18(24)17(10-13(3)4)23-11-21-15-8-6-5-7-14(15)19(23)25/h5-8,11-13,16-17H,9-10H2,1-4H3,(H,22,24)(H,26,27)/p-1/t16-,17-/m0/s1. The number of carbonyl (C=O) groups is 2. The summed E-state index contributed by atoms with van der Waals surface area (Å²) in [6, 6.07) is 4.97. The molecule has 0 bridgehead atoms. The van der Waals surface area contributed by atoms with E-state index in [0.29, 0.717) is 17.3 Å². The molecule has 0 aliphatic heterocycles. The number of amides is 1. The van der Waals surface area contributed by atoms with Crippen LogP contribution in [0.25, 0.3) is 10.9 Å². The van der Waals surface area contributed by atoms with E-state index in [1.165, 1.54) is 10.9 Å². The van der Waals surface area contributed by atoms with Crippen molar-refractivity contribution in [1.29, 1.82) is 0 Å². The van der Waals surface area contributed by atoms with Gasteiger partial charge >= 0.3 is 0 Å². The first-order valence-corrected chi connectivity index (χ1v) is 9.17. The zero-order valence-electron chi connectivity index (χ0n) is 16.1. The van der Waals surface area contributed by atoms with E-state index in [1.54, 1.807) is 24.3 Å². The summed E-state index contributed by atoms with van der Waals surface area (Å²) < 4.78 is 1.29. The molecule has 0 unspecified atom stereocenters. The summed E-state index contributed by atoms with van der Waals surface area (Å²) in [7, 11) is 0. The van der Waals surface area contributed by atoms with E-state index in [0.717, 1.165) is 0 Å². The number of hydrogen-bond acceptors (Lipinski definition) is 5. The van der Waals surface area contributed by atoms with E-state index in [4.69, 9.17) is 0 Å². The largest absolute Gasteiger partial charge is 0.548 e. The Kier molecular flexibility index (Phi) is 6.71. The summed E-state index contributed by atoms with van der Waals surface area (Å²) in [5.74, 6) is -1.66. The molecular formula is C20H26N3O4-. The fourth-order valence-electron chi connectivity index (χ4n) is 3.05. The number of hydrogen-bond donors (Lipinski definition) is 1. The quantitative estimate of drug-likeness (QED) is 0.751. The number of nitrogens with zero attached hydrogens (tertiary/aromatic N) is 2. The number of rotatable bonds is 8. The van der Waals surface area contributed by atoms with Crippen LogP contribution in [0.3, 0.4) is 0 Å². The first-order chi connectivity index (χ1) is 12.7. The Morgan fingerprint density at radius 3 is 2.33 bits per heavy atom. The monoisotopic (exact) mass is 372 g/mol. The number of benzene rings is 1. The molecule has 1 heterocycles. The molecule has 2 atom stereocenters. The highest BCUT2D eigenvalue weighted by atomic mass is 16.4. The Hall–Kier alpha value is -2.70. The van der Waals surface area contributed by atoms with Gasteiger partial charge in [-0.05, 0) is 36.8 Å². The third-order valence-electron chi connectivity index (χ3n) is 4.33. The second kappa shape index (κ2) is 8.79. The molecule has 1 aromatic carbocycles. The highest BCUT2D eigenvalue weighted by Gasteiger charge is 2.26. The average molecular weight is 372 g/mol. The molecule has 146 valence electrons. The minimum atomic E-state index is -1.33. The predicted octanol–water partition coefficient (Wildman–Crippen LogP) is 1.26. The van der Waals surface area contributed by atoms with Crippen molar-refractivity contribution < 1.29 is 14.7 Å². The molecule has 27 heavy (non-hydrogen) atoms. The van der Waals surface area contributed by atoms with Crippen molar-refractivity contribution in [3.8, 4) is 0 Å². The Bertz CT molecular complexity index is 873. The van der Waals surface area contributed by atoms with Crippen molar-refractivity contribution in [2.24, 2.45) is 11.8 Å². The summed E-state index contributed by atoms with van der Waals surface area (Å²) in [5.41, 5.74) is 0.227. The number of para-hydroxylation sites is 1. The van der Waals surface area contributed by atoms with Crippen LogP contribution in [0, 0.1) is 11.8 Å². The van der Waals surface area contributed by atoms with E-state index in [1.807, 2.05) is 27.7 Å². The number of carbonyl (C=O) groups excluding carboxylic acids is 2. The van der Waals surface area contributed by atoms with Crippen LogP contribution in [0.1, 0.15) is 46.6 Å². The van der Waals surface area contributed by atoms with Crippen LogP contribution in [-0.4, -0.2) is 27.5 Å². The molecule has 0 spiro atoms. The number of carboxylic acids is 1. The molecule has 0 saturated heterocycles. The lowest BCUT2D eigenvalue weighted by Gasteiger charge is -2.26. The first-order valence-electron chi connectivity index (χ1n) is 9.17. The average Bonchev–Trinajstić information content (AvgIpc) is 2.59. The summed E-state index contributed by atoms with van der Waals surface area (Å²) in [5, 5.41) is 14.3. The topological polar surface area (TPSA) is 104 Å². The molecule has 1 amide bonds. The fourth-order valence-corrected chi connectivity index (χ4v) is 3.05. The van der Waals surface area contributed by atoms with Gasteiger partial charge in [0.2, 0.25) is 5.91 Å². The molecule has 0 aliphatic rings. The molecule has 0 aliphatic carbocycles. The van der Waals surface area contributed by atoms with Crippen molar-refractivity contribution in [1.82, 2.24) is 14.9 Å². The van der Waals surface area contributed by atoms with Gasteiger partial charge in [0.1, 0.15) is 6.04 Å². The number of nitrogens with one attached hydrogen (secondary N) is 1. The maximum atomic E-state index is 12.9. The normalized spacial score (nSPS) is 13.7. The SMILES string of the molecule is CC(C)C[C@H](NC(=O)[C@H](CC(C)C)n1cnc2ccccc2c1=O)C(=O)[O-]. The van der Waals surface area contributed by atoms with E-state index >= 15 is 0 Å². The van der Waals surface area contributed by atoms with Crippen LogP contribution in [-0.2, 0) is 9.59 Å². The molecule has 7 nitrogen and oxygen atoms in total. The van der Waals surface area contributed by atoms with Gasteiger partial charge in [0, 0.05) is 0 Å². The van der Waals surface area contributed by atoms with Crippen LogP contribution in [0.15, 0.2) is 35.4 Å². The lowest BCUT2D eigenvalue weighted by Crippen LogP contribution is -2.51. The smallest absolute Gasteiger partial charge is 0.261 e. The van der Waals surface area contributed by atoms with Gasteiger partial charge in [-0.1, -0.05) is 39.8 Å². The highest BCUT2D eigenvalue weighted by Crippen LogP contribution is 2.18. The van der Waals surface area contributed by atoms with Gasteiger partial charge in [0.25, 0.3) is 5.56 Å². The van der Waals surface area contributed by atoms with Crippen molar-refractivity contribution >= 4 is 22.8 Å². The van der Waals surface area contributed by atoms with E-state index in [2.05, 4.69) is 10.3 Å². The van der Waals surface area contributed by atoms with Crippen LogP contribution >= 0.6 is 0 Å². The predicted molar refractivity (Wildman–Crippen MR) is 101 cm³/mol. The van der Waals surface area contributed by atoms with Gasteiger partial charge in [-0.2, -0.15) is 0 Å². The van der Waals surface area contributed by atoms with Gasteiger partial charge < -0.3 is 15.2 Å². The molecular weight excluding hydrogens is 346 g/mol. The second-order valence-corrected chi connectivity index (χ2v) is 7.63. The third-order valence-corrected chi connectivity index (χ3v) is 4.33. The molecule has 1 N–H and O–H groups in total. The molecule has 2 aromatic rings. The van der Waals surface area contributed by atoms with Gasteiger partial charge in [0.05, 0.1) is 29.2 Å². The zero-order chi connectivity index (χ0) is 20.1. The minimum Gasteiger partial charge on any atom is -0.548 e. The van der Waals surface area contributed by atoms with Crippen LogP contribution in [0.5, 0.6) is 0 Å². The molecule has 7 heteroatoms. The van der Waals surface area contributed by atoms with Gasteiger partial charge in [-0.3, -0.25) is 14.2 Å². The summed E-state index contributed by atoms with van der Waals surface area (Å²) in [4.78, 5) is 41.4. The summed E-state index contributed by atoms with van der Waals surface area (Å²) >= 11 is 0. The van der Waals surface area contributed by atoms with E-state index in [9.17, 15) is 19.5 Å². The van der Waals surface area contributed by atoms with E-state index < -0.39 is 24.0 Å². The lowest BCUT2D eigenvalue weighted by molar-refractivity contribution is -0.308. The van der Waals surface area contributed by atoms with E-state index in [-0.39, 0.29) is 23.8 Å². The maximum Gasteiger partial charge on any atom is 0.261 e. The van der Waals surface area contributed by atoms with Crippen LogP contribution in [0.4, 0.5) is 0 Å². The Balaban J connectivity index is 2.40. The highest BCUT2D eigenvalue weighted by molar-refractivity contribution is 5.86. The lowest BCUT2D eigenvalue weighted by atomic mass is 10.0. The van der Waals surface area contributed by atoms with Crippen molar-refractivity contribution in [2.45, 2.75) is 52.6 Å². The molecule has 0 saturated carbocycles. The minimum absolute atomic E-state index is 0.0711. The van der Waals surface area contributed by atoms with Gasteiger partial charge in [-0.25, -0.2) is 4.98 Å². The second-order valence-electron chi connectivity index (χ2n) is 7.63. The van der Waals surface area contributed by atoms with Gasteiger partial charge in [0.15, 0.2) is 0 Å². The molecule has 1 aromatic heterocycles. The Labute approximate surface area is 158 Å². The van der Waals surface area contributed by atoms with Gasteiger partial charge in [-0.15, -0.1) is 0 Å². The third kappa shape index (κ3) is 5.15. The molecule has 0 radical (unpaired) electrons. The summed E-state index contributed by atoms with van der Waals surface area (Å²) in [6.07, 6.45) is 1.99. The number of aliphatic carboxylic acids is 1.